The van der Waals surface area contributed by atoms with Crippen LogP contribution in [0, 0.1) is 17.0 Å². The fourth-order valence-corrected chi connectivity index (χ4v) is 2.26. The number of ether oxygens (including phenoxy) is 1. The van der Waals surface area contributed by atoms with Crippen LogP contribution >= 0.6 is 23.2 Å². The van der Waals surface area contributed by atoms with Crippen LogP contribution in [0.1, 0.15) is 21.9 Å². The zero-order chi connectivity index (χ0) is 16.4. The molecule has 0 saturated heterocycles. The lowest BCUT2D eigenvalue weighted by Gasteiger charge is -2.07. The van der Waals surface area contributed by atoms with Gasteiger partial charge in [0.1, 0.15) is 6.61 Å². The molecule has 0 amide bonds. The lowest BCUT2D eigenvalue weighted by atomic mass is 10.2. The molecule has 0 atom stereocenters. The summed E-state index contributed by atoms with van der Waals surface area (Å²) in [5.74, 6) is -1.05. The van der Waals surface area contributed by atoms with Gasteiger partial charge in [0, 0.05) is 29.6 Å². The molecule has 1 heterocycles. The van der Waals surface area contributed by atoms with Gasteiger partial charge in [0.05, 0.1) is 0 Å². The molecular formula is C13H11Cl2N3O4. The smallest absolute Gasteiger partial charge is 0.397 e. The number of nitro groups is 1. The molecule has 0 fully saturated rings. The molecule has 1 aromatic heterocycles. The van der Waals surface area contributed by atoms with Crippen LogP contribution in [0.15, 0.2) is 18.2 Å². The molecular weight excluding hydrogens is 333 g/mol. The Bertz CT molecular complexity index is 758. The second-order valence-corrected chi connectivity index (χ2v) is 5.30. The van der Waals surface area contributed by atoms with E-state index in [0.29, 0.717) is 21.4 Å². The van der Waals surface area contributed by atoms with Crippen molar-refractivity contribution < 1.29 is 14.5 Å². The number of esters is 1. The largest absolute Gasteiger partial charge is 0.456 e. The van der Waals surface area contributed by atoms with E-state index >= 15 is 0 Å². The maximum Gasteiger partial charge on any atom is 0.397 e. The van der Waals surface area contributed by atoms with Gasteiger partial charge in [0.2, 0.25) is 11.5 Å². The van der Waals surface area contributed by atoms with E-state index in [9.17, 15) is 14.9 Å². The summed E-state index contributed by atoms with van der Waals surface area (Å²) in [6, 6.07) is 4.73. The Morgan fingerprint density at radius 1 is 1.45 bits per heavy atom. The van der Waals surface area contributed by atoms with Crippen LogP contribution in [0.2, 0.25) is 10.0 Å². The minimum atomic E-state index is -0.846. The third-order valence-corrected chi connectivity index (χ3v) is 3.63. The van der Waals surface area contributed by atoms with Gasteiger partial charge in [0.15, 0.2) is 0 Å². The van der Waals surface area contributed by atoms with Gasteiger partial charge in [-0.15, -0.1) is 0 Å². The molecule has 1 aromatic carbocycles. The maximum absolute atomic E-state index is 12.1. The van der Waals surface area contributed by atoms with Crippen LogP contribution in [0.25, 0.3) is 0 Å². The van der Waals surface area contributed by atoms with E-state index in [1.165, 1.54) is 17.7 Å². The summed E-state index contributed by atoms with van der Waals surface area (Å²) < 4.78 is 6.40. The second kappa shape index (κ2) is 6.33. The number of hydrogen-bond donors (Lipinski definition) is 0. The van der Waals surface area contributed by atoms with Crippen molar-refractivity contribution in [3.05, 3.63) is 55.4 Å². The van der Waals surface area contributed by atoms with Gasteiger partial charge in [-0.3, -0.25) is 4.57 Å². The number of hydrogen-bond acceptors (Lipinski definition) is 5. The van der Waals surface area contributed by atoms with E-state index in [4.69, 9.17) is 27.9 Å². The van der Waals surface area contributed by atoms with Crippen LogP contribution in [-0.2, 0) is 18.4 Å². The Morgan fingerprint density at radius 3 is 2.73 bits per heavy atom. The minimum absolute atomic E-state index is 0.129. The van der Waals surface area contributed by atoms with Crippen LogP contribution in [-0.4, -0.2) is 20.4 Å². The summed E-state index contributed by atoms with van der Waals surface area (Å²) in [4.78, 5) is 26.1. The quantitative estimate of drug-likeness (QED) is 0.482. The number of aryl methyl sites for hydroxylation is 1. The van der Waals surface area contributed by atoms with E-state index in [-0.39, 0.29) is 12.3 Å². The molecule has 0 aliphatic carbocycles. The van der Waals surface area contributed by atoms with Crippen molar-refractivity contribution in [3.63, 3.8) is 0 Å². The molecule has 0 bridgehead atoms. The highest BCUT2D eigenvalue weighted by Gasteiger charge is 2.30. The first-order valence-corrected chi connectivity index (χ1v) is 6.85. The molecule has 0 saturated carbocycles. The normalized spacial score (nSPS) is 10.5. The Kier molecular flexibility index (Phi) is 4.68. The molecule has 0 aliphatic rings. The summed E-state index contributed by atoms with van der Waals surface area (Å²) in [6.07, 6.45) is 0. The standard InChI is InChI=1S/C13H11Cl2N3O4/c1-7-16-12(18(20)21)11(17(7)2)13(19)22-6-8-3-4-9(14)5-10(8)15/h3-5H,6H2,1-2H3. The van der Waals surface area contributed by atoms with Crippen molar-refractivity contribution in [2.24, 2.45) is 7.05 Å². The SMILES string of the molecule is Cc1nc([N+](=O)[O-])c(C(=O)OCc2ccc(Cl)cc2Cl)n1C. The molecule has 2 aromatic rings. The first kappa shape index (κ1) is 16.3. The van der Waals surface area contributed by atoms with E-state index in [0.717, 1.165) is 0 Å². The van der Waals surface area contributed by atoms with Crippen molar-refractivity contribution in [1.82, 2.24) is 9.55 Å². The second-order valence-electron chi connectivity index (χ2n) is 4.46. The summed E-state index contributed by atoms with van der Waals surface area (Å²) in [5, 5.41) is 11.7. The molecule has 7 nitrogen and oxygen atoms in total. The number of imidazole rings is 1. The number of carbonyl (C=O) groups is 1. The molecule has 0 spiro atoms. The fourth-order valence-electron chi connectivity index (χ4n) is 1.80. The van der Waals surface area contributed by atoms with Crippen molar-refractivity contribution in [2.45, 2.75) is 13.5 Å². The van der Waals surface area contributed by atoms with Gasteiger partial charge in [-0.1, -0.05) is 29.3 Å². The predicted octanol–water partition coefficient (Wildman–Crippen LogP) is 3.30. The molecule has 2 rings (SSSR count). The van der Waals surface area contributed by atoms with Crippen molar-refractivity contribution in [2.75, 3.05) is 0 Å². The molecule has 0 aliphatic heterocycles. The van der Waals surface area contributed by atoms with Crippen molar-refractivity contribution >= 4 is 35.0 Å². The van der Waals surface area contributed by atoms with Crippen LogP contribution in [0.3, 0.4) is 0 Å². The van der Waals surface area contributed by atoms with E-state index < -0.39 is 16.7 Å². The molecule has 9 heteroatoms. The summed E-state index contributed by atoms with van der Waals surface area (Å²) in [6.45, 7) is 1.43. The maximum atomic E-state index is 12.1. The van der Waals surface area contributed by atoms with Gasteiger partial charge in [-0.25, -0.2) is 4.79 Å². The van der Waals surface area contributed by atoms with Crippen LogP contribution in [0.5, 0.6) is 0 Å². The Balaban J connectivity index is 2.21. The monoisotopic (exact) mass is 343 g/mol. The molecule has 22 heavy (non-hydrogen) atoms. The fraction of sp³-hybridized carbons (Fsp3) is 0.231. The van der Waals surface area contributed by atoms with E-state index in [1.54, 1.807) is 19.1 Å². The van der Waals surface area contributed by atoms with Crippen LogP contribution < -0.4 is 0 Å². The summed E-state index contributed by atoms with van der Waals surface area (Å²) >= 11 is 11.8. The molecule has 0 N–H and O–H groups in total. The molecule has 0 radical (unpaired) electrons. The Labute approximate surface area is 135 Å². The average molecular weight is 344 g/mol. The minimum Gasteiger partial charge on any atom is -0.456 e. The topological polar surface area (TPSA) is 87.3 Å². The number of benzene rings is 1. The van der Waals surface area contributed by atoms with Gasteiger partial charge in [-0.2, -0.15) is 0 Å². The van der Waals surface area contributed by atoms with Crippen molar-refractivity contribution in [1.29, 1.82) is 0 Å². The van der Waals surface area contributed by atoms with Gasteiger partial charge in [-0.05, 0) is 22.0 Å². The summed E-state index contributed by atoms with van der Waals surface area (Å²) in [5.41, 5.74) is 0.327. The zero-order valence-corrected chi connectivity index (χ0v) is 13.2. The highest BCUT2D eigenvalue weighted by Crippen LogP contribution is 2.23. The zero-order valence-electron chi connectivity index (χ0n) is 11.7. The number of rotatable bonds is 4. The van der Waals surface area contributed by atoms with Gasteiger partial charge < -0.3 is 14.9 Å². The third kappa shape index (κ3) is 3.20. The lowest BCUT2D eigenvalue weighted by Crippen LogP contribution is -2.12. The Hall–Kier alpha value is -2.12. The third-order valence-electron chi connectivity index (χ3n) is 3.04. The number of aromatic nitrogens is 2. The number of halogens is 2. The highest BCUT2D eigenvalue weighted by molar-refractivity contribution is 6.35. The highest BCUT2D eigenvalue weighted by atomic mass is 35.5. The first-order chi connectivity index (χ1) is 10.3. The summed E-state index contributed by atoms with van der Waals surface area (Å²) in [7, 11) is 1.50. The van der Waals surface area contributed by atoms with Gasteiger partial charge in [0.25, 0.3) is 0 Å². The van der Waals surface area contributed by atoms with Gasteiger partial charge >= 0.3 is 11.8 Å². The van der Waals surface area contributed by atoms with E-state index in [1.807, 2.05) is 0 Å². The Morgan fingerprint density at radius 2 is 2.14 bits per heavy atom. The van der Waals surface area contributed by atoms with E-state index in [2.05, 4.69) is 4.98 Å². The van der Waals surface area contributed by atoms with Crippen molar-refractivity contribution in [3.8, 4) is 0 Å². The molecule has 0 unspecified atom stereocenters. The first-order valence-electron chi connectivity index (χ1n) is 6.10. The number of nitrogens with zero attached hydrogens (tertiary/aromatic N) is 3. The molecule has 116 valence electrons. The average Bonchev–Trinajstić information content (AvgIpc) is 2.74. The number of carbonyl (C=O) groups excluding carboxylic acids is 1. The predicted molar refractivity (Wildman–Crippen MR) is 80.2 cm³/mol. The lowest BCUT2D eigenvalue weighted by molar-refractivity contribution is -0.389. The van der Waals surface area contributed by atoms with Crippen LogP contribution in [0.4, 0.5) is 5.82 Å².